The summed E-state index contributed by atoms with van der Waals surface area (Å²) in [6.45, 7) is 16.4. The Morgan fingerprint density at radius 1 is 1.02 bits per heavy atom. The van der Waals surface area contributed by atoms with Gasteiger partial charge in [-0.25, -0.2) is 4.79 Å². The third kappa shape index (κ3) is 4.88. The van der Waals surface area contributed by atoms with Crippen molar-refractivity contribution in [2.45, 2.75) is 120 Å². The Bertz CT molecular complexity index is 2160. The van der Waals surface area contributed by atoms with Gasteiger partial charge in [-0.05, 0) is 112 Å². The minimum absolute atomic E-state index is 0.144. The normalized spacial score (nSPS) is 38.5. The summed E-state index contributed by atoms with van der Waals surface area (Å²) in [5, 5.41) is 26.5. The number of carbonyl (C=O) groups is 2. The van der Waals surface area contributed by atoms with Crippen LogP contribution in [0, 0.1) is 25.2 Å². The van der Waals surface area contributed by atoms with Gasteiger partial charge in [0.1, 0.15) is 0 Å². The first kappa shape index (κ1) is 37.9. The van der Waals surface area contributed by atoms with Crippen LogP contribution in [0.1, 0.15) is 93.3 Å². The van der Waals surface area contributed by atoms with E-state index >= 15 is 0 Å². The van der Waals surface area contributed by atoms with Crippen molar-refractivity contribution in [2.75, 3.05) is 51.8 Å². The van der Waals surface area contributed by atoms with Gasteiger partial charge in [0.15, 0.2) is 6.10 Å². The molecular formula is C46H60N4O6. The fourth-order valence-corrected chi connectivity index (χ4v) is 13.7. The highest BCUT2D eigenvalue weighted by atomic mass is 16.6. The Labute approximate surface area is 331 Å². The average Bonchev–Trinajstić information content (AvgIpc) is 3.82. The predicted molar refractivity (Wildman–Crippen MR) is 217 cm³/mol. The second-order valence-corrected chi connectivity index (χ2v) is 18.8. The van der Waals surface area contributed by atoms with Crippen LogP contribution in [0.25, 0.3) is 10.9 Å². The first-order valence-electron chi connectivity index (χ1n) is 20.9. The molecule has 56 heavy (non-hydrogen) atoms. The van der Waals surface area contributed by atoms with E-state index in [1.54, 1.807) is 0 Å². The number of H-pyrrole nitrogens is 1. The van der Waals surface area contributed by atoms with Crippen LogP contribution in [-0.2, 0) is 36.3 Å². The van der Waals surface area contributed by atoms with Crippen molar-refractivity contribution in [3.05, 3.63) is 76.0 Å². The van der Waals surface area contributed by atoms with Crippen LogP contribution in [0.2, 0.25) is 0 Å². The van der Waals surface area contributed by atoms with Crippen molar-refractivity contribution in [1.29, 1.82) is 0 Å². The number of fused-ring (bicyclic) bond motifs is 6. The molecule has 10 heteroatoms. The molecule has 1 aromatic heterocycles. The fraction of sp³-hybridized carbons (Fsp3) is 0.609. The fourth-order valence-electron chi connectivity index (χ4n) is 13.7. The van der Waals surface area contributed by atoms with Crippen molar-refractivity contribution < 1.29 is 29.3 Å². The number of aromatic amines is 1. The molecule has 1 spiro atoms. The zero-order chi connectivity index (χ0) is 39.7. The average molecular weight is 765 g/mol. The van der Waals surface area contributed by atoms with Crippen molar-refractivity contribution >= 4 is 28.5 Å². The second kappa shape index (κ2) is 12.6. The van der Waals surface area contributed by atoms with Gasteiger partial charge in [-0.15, -0.1) is 0 Å². The number of ether oxygens (including phenoxy) is 2. The number of aryl methyl sites for hydroxylation is 2. The molecule has 5 aliphatic heterocycles. The molecule has 1 aliphatic carbocycles. The van der Waals surface area contributed by atoms with Gasteiger partial charge in [0, 0.05) is 84.7 Å². The lowest BCUT2D eigenvalue weighted by Gasteiger charge is -2.63. The van der Waals surface area contributed by atoms with E-state index in [0.717, 1.165) is 80.6 Å². The summed E-state index contributed by atoms with van der Waals surface area (Å²) < 4.78 is 11.7. The number of nitrogens with one attached hydrogen (secondary N) is 1. The van der Waals surface area contributed by atoms with Gasteiger partial charge in [0.05, 0.1) is 18.8 Å². The highest BCUT2D eigenvalue weighted by Crippen LogP contribution is 2.68. The highest BCUT2D eigenvalue weighted by molar-refractivity contribution is 5.88. The number of esters is 2. The van der Waals surface area contributed by atoms with Crippen molar-refractivity contribution in [2.24, 2.45) is 11.3 Å². The molecule has 3 unspecified atom stereocenters. The molecule has 2 aromatic carbocycles. The first-order chi connectivity index (χ1) is 26.6. The van der Waals surface area contributed by atoms with E-state index in [1.165, 1.54) is 41.8 Å². The monoisotopic (exact) mass is 764 g/mol. The summed E-state index contributed by atoms with van der Waals surface area (Å²) in [5.74, 6) is -1.05. The largest absolute Gasteiger partial charge is 0.467 e. The maximum absolute atomic E-state index is 14.3. The van der Waals surface area contributed by atoms with Crippen molar-refractivity contribution in [1.82, 2.24) is 14.8 Å². The predicted octanol–water partition coefficient (Wildman–Crippen LogP) is 5.45. The number of carbonyl (C=O) groups excluding carboxylic acids is 2. The van der Waals surface area contributed by atoms with Crippen LogP contribution < -0.4 is 4.90 Å². The van der Waals surface area contributed by atoms with E-state index in [4.69, 9.17) is 9.47 Å². The lowest BCUT2D eigenvalue weighted by molar-refractivity contribution is -0.228. The molecule has 2 saturated heterocycles. The molecule has 9 rings (SSSR count). The molecule has 300 valence electrons. The number of anilines is 1. The molecular weight excluding hydrogens is 705 g/mol. The summed E-state index contributed by atoms with van der Waals surface area (Å²) in [6.07, 6.45) is 7.61. The number of rotatable bonds is 5. The van der Waals surface area contributed by atoms with Gasteiger partial charge in [0.25, 0.3) is 0 Å². The number of benzene rings is 2. The Morgan fingerprint density at radius 2 is 1.80 bits per heavy atom. The van der Waals surface area contributed by atoms with Gasteiger partial charge < -0.3 is 29.6 Å². The van der Waals surface area contributed by atoms with E-state index in [9.17, 15) is 19.8 Å². The molecule has 3 aromatic rings. The SMILES string of the molecule is CC[C@]1(O)C[C@@H]2CN(CCc3c([nH]c4ccc(C)cc34)[C@@](C)(c3cc4c(cc3C)N(C)C3C(O)(C(=O)OC)[C@H](OC(C)=O)[C@]5(CC)C=CCN6CC[C@]43[C@@H]65)C2)C1. The summed E-state index contributed by atoms with van der Waals surface area (Å²) in [7, 11) is 3.30. The van der Waals surface area contributed by atoms with Crippen LogP contribution in [0.5, 0.6) is 0 Å². The van der Waals surface area contributed by atoms with E-state index in [-0.39, 0.29) is 12.0 Å². The van der Waals surface area contributed by atoms with E-state index in [1.807, 2.05) is 7.05 Å². The number of likely N-dealkylation sites (N-methyl/N-ethyl adjacent to an activating group) is 1. The molecule has 6 aliphatic rings. The Morgan fingerprint density at radius 3 is 2.52 bits per heavy atom. The lowest BCUT2D eigenvalue weighted by Crippen LogP contribution is -2.81. The van der Waals surface area contributed by atoms with Crippen LogP contribution in [0.4, 0.5) is 5.69 Å². The molecule has 10 atom stereocenters. The molecule has 1 saturated carbocycles. The van der Waals surface area contributed by atoms with Gasteiger partial charge in [0.2, 0.25) is 5.60 Å². The van der Waals surface area contributed by atoms with E-state index in [0.29, 0.717) is 13.0 Å². The number of aliphatic hydroxyl groups is 2. The number of piperidine rings is 1. The van der Waals surface area contributed by atoms with E-state index in [2.05, 4.69) is 96.8 Å². The van der Waals surface area contributed by atoms with Crippen LogP contribution >= 0.6 is 0 Å². The standard InChI is InChI=1S/C46H60N4O6/c1-9-43(53)24-30-23-42(6,37-31(14-18-49(25-30)26-43)32-20-27(3)12-13-35(32)47-37)33-22-34-36(21-28(33)4)48(7)39-45(34)16-19-50-17-11-15-44(10-2,38(45)50)40(56-29(5)51)46(39,54)41(52)55-8/h11-13,15,20-22,30,38-40,47,53-54H,9-10,14,16-19,23-26H2,1-8H3/t30-,38+,39?,40-,42-,43+,44-,45-,46?/m1/s1. The summed E-state index contributed by atoms with van der Waals surface area (Å²) in [6, 6.07) is 10.6. The van der Waals surface area contributed by atoms with Crippen molar-refractivity contribution in [3.63, 3.8) is 0 Å². The van der Waals surface area contributed by atoms with Crippen LogP contribution in [0.3, 0.4) is 0 Å². The summed E-state index contributed by atoms with van der Waals surface area (Å²) in [4.78, 5) is 38.4. The Hall–Kier alpha value is -3.70. The van der Waals surface area contributed by atoms with Gasteiger partial charge in [-0.2, -0.15) is 0 Å². The maximum atomic E-state index is 14.3. The Balaban J connectivity index is 1.30. The maximum Gasteiger partial charge on any atom is 0.344 e. The van der Waals surface area contributed by atoms with Gasteiger partial charge in [-0.3, -0.25) is 14.6 Å². The molecule has 6 heterocycles. The van der Waals surface area contributed by atoms with E-state index < -0.39 is 51.5 Å². The van der Waals surface area contributed by atoms with Gasteiger partial charge in [-0.1, -0.05) is 43.7 Å². The van der Waals surface area contributed by atoms with Crippen molar-refractivity contribution in [3.8, 4) is 0 Å². The first-order valence-corrected chi connectivity index (χ1v) is 20.9. The number of aromatic nitrogens is 1. The quantitative estimate of drug-likeness (QED) is 0.231. The molecule has 3 N–H and O–H groups in total. The topological polar surface area (TPSA) is 119 Å². The number of methoxy groups -OCH3 is 1. The molecule has 3 fully saturated rings. The molecule has 0 radical (unpaired) electrons. The van der Waals surface area contributed by atoms with Gasteiger partial charge >= 0.3 is 11.9 Å². The number of hydrogen-bond acceptors (Lipinski definition) is 9. The molecule has 2 bridgehead atoms. The molecule has 0 amide bonds. The minimum Gasteiger partial charge on any atom is -0.467 e. The van der Waals surface area contributed by atoms with Crippen LogP contribution in [0.15, 0.2) is 42.5 Å². The second-order valence-electron chi connectivity index (χ2n) is 18.8. The number of nitrogens with zero attached hydrogens (tertiary/aromatic N) is 3. The zero-order valence-corrected chi connectivity index (χ0v) is 34.5. The highest BCUT2D eigenvalue weighted by Gasteiger charge is 2.80. The van der Waals surface area contributed by atoms with Crippen LogP contribution in [-0.4, -0.2) is 113 Å². The smallest absolute Gasteiger partial charge is 0.344 e. The zero-order valence-electron chi connectivity index (χ0n) is 34.5. The Kier molecular flexibility index (Phi) is 8.55. The third-order valence-electron chi connectivity index (χ3n) is 15.7. The lowest BCUT2D eigenvalue weighted by atomic mass is 9.47. The number of hydrogen-bond donors (Lipinski definition) is 3. The third-order valence-corrected chi connectivity index (χ3v) is 15.7. The minimum atomic E-state index is -2.16. The summed E-state index contributed by atoms with van der Waals surface area (Å²) in [5.41, 5.74) is 4.60. The molecule has 10 nitrogen and oxygen atoms in total. The summed E-state index contributed by atoms with van der Waals surface area (Å²) >= 11 is 0.